The molecule has 150 valence electrons. The van der Waals surface area contributed by atoms with Gasteiger partial charge in [0, 0.05) is 11.4 Å². The number of hydrogen-bond acceptors (Lipinski definition) is 2. The number of unbranched alkanes of at least 4 members (excludes halogenated alkanes) is 1. The largest absolute Gasteiger partial charge is 0.411 e. The quantitative estimate of drug-likeness (QED) is 0.492. The molecule has 2 aromatic carbocycles. The summed E-state index contributed by atoms with van der Waals surface area (Å²) in [5, 5.41) is 0. The number of nitrogens with two attached hydrogens (primary N) is 2. The first-order valence-corrected chi connectivity index (χ1v) is 8.27. The minimum Gasteiger partial charge on any atom is -0.399 e. The van der Waals surface area contributed by atoms with Gasteiger partial charge in [-0.25, -0.2) is 0 Å². The summed E-state index contributed by atoms with van der Waals surface area (Å²) in [6.45, 7) is 4.36. The highest BCUT2D eigenvalue weighted by atomic mass is 19.4. The second-order valence-electron chi connectivity index (χ2n) is 5.99. The van der Waals surface area contributed by atoms with Crippen LogP contribution in [0.15, 0.2) is 48.5 Å². The van der Waals surface area contributed by atoms with Crippen LogP contribution < -0.4 is 11.5 Å². The Hall–Kier alpha value is -2.38. The minimum atomic E-state index is -5.61. The van der Waals surface area contributed by atoms with E-state index >= 15 is 0 Å². The maximum atomic E-state index is 13.7. The fourth-order valence-corrected chi connectivity index (χ4v) is 2.45. The van der Waals surface area contributed by atoms with E-state index in [0.29, 0.717) is 0 Å². The molecule has 2 rings (SSSR count). The molecule has 4 N–H and O–H groups in total. The van der Waals surface area contributed by atoms with Crippen molar-refractivity contribution in [3.05, 3.63) is 59.7 Å². The number of benzene rings is 2. The summed E-state index contributed by atoms with van der Waals surface area (Å²) in [5.41, 5.74) is 4.77. The highest BCUT2D eigenvalue weighted by molar-refractivity contribution is 5.51. The summed E-state index contributed by atoms with van der Waals surface area (Å²) in [6, 6.07) is 6.91. The van der Waals surface area contributed by atoms with Gasteiger partial charge in [0.1, 0.15) is 0 Å². The predicted molar refractivity (Wildman–Crippen MR) is 95.2 cm³/mol. The molecule has 2 aromatic rings. The third kappa shape index (κ3) is 4.67. The maximum Gasteiger partial charge on any atom is 0.411 e. The van der Waals surface area contributed by atoms with Gasteiger partial charge in [-0.3, -0.25) is 0 Å². The van der Waals surface area contributed by atoms with Crippen LogP contribution in [-0.2, 0) is 5.41 Å². The van der Waals surface area contributed by atoms with E-state index in [2.05, 4.69) is 13.8 Å². The SMILES string of the molecule is CCCC.Nc1ccc(C(c2ccc(N)cc2)(C(F)(F)F)C(F)(F)F)cc1. The fraction of sp³-hybridized carbons (Fsp3) is 0.368. The van der Waals surface area contributed by atoms with Gasteiger partial charge in [-0.15, -0.1) is 0 Å². The Balaban J connectivity index is 0.000000828. The predicted octanol–water partition coefficient (Wildman–Crippen LogP) is 6.07. The van der Waals surface area contributed by atoms with Crippen LogP contribution in [0.5, 0.6) is 0 Å². The van der Waals surface area contributed by atoms with Gasteiger partial charge in [-0.2, -0.15) is 26.3 Å². The van der Waals surface area contributed by atoms with Crippen LogP contribution in [0, 0.1) is 0 Å². The molecule has 0 aromatic heterocycles. The van der Waals surface area contributed by atoms with Crippen molar-refractivity contribution < 1.29 is 26.3 Å². The Morgan fingerprint density at radius 3 is 1.04 bits per heavy atom. The monoisotopic (exact) mass is 392 g/mol. The first kappa shape index (κ1) is 22.7. The lowest BCUT2D eigenvalue weighted by atomic mass is 9.73. The highest BCUT2D eigenvalue weighted by Crippen LogP contribution is 2.56. The lowest BCUT2D eigenvalue weighted by Gasteiger charge is -2.38. The molecule has 0 fully saturated rings. The van der Waals surface area contributed by atoms with Crippen molar-refractivity contribution >= 4 is 11.4 Å². The number of hydrogen-bond donors (Lipinski definition) is 2. The van der Waals surface area contributed by atoms with Gasteiger partial charge in [-0.1, -0.05) is 51.0 Å². The van der Waals surface area contributed by atoms with Crippen molar-refractivity contribution in [2.75, 3.05) is 11.5 Å². The molecule has 0 heterocycles. The normalized spacial score (nSPS) is 12.3. The number of nitrogen functional groups attached to an aromatic ring is 2. The van der Waals surface area contributed by atoms with Crippen LogP contribution in [-0.4, -0.2) is 12.4 Å². The molecular weight excluding hydrogens is 370 g/mol. The average molecular weight is 392 g/mol. The molecule has 0 atom stereocenters. The lowest BCUT2D eigenvalue weighted by Crippen LogP contribution is -2.54. The van der Waals surface area contributed by atoms with E-state index in [-0.39, 0.29) is 11.4 Å². The zero-order chi connectivity index (χ0) is 20.9. The Morgan fingerprint density at radius 1 is 0.593 bits per heavy atom. The molecule has 0 aliphatic carbocycles. The summed E-state index contributed by atoms with van der Waals surface area (Å²) in [4.78, 5) is 0. The topological polar surface area (TPSA) is 52.0 Å². The molecule has 0 bridgehead atoms. The number of anilines is 2. The van der Waals surface area contributed by atoms with E-state index in [9.17, 15) is 26.3 Å². The van der Waals surface area contributed by atoms with Gasteiger partial charge < -0.3 is 11.5 Å². The highest BCUT2D eigenvalue weighted by Gasteiger charge is 2.72. The third-order valence-corrected chi connectivity index (χ3v) is 4.04. The van der Waals surface area contributed by atoms with Crippen molar-refractivity contribution in [2.45, 2.75) is 44.5 Å². The Kier molecular flexibility index (Phi) is 7.17. The fourth-order valence-electron chi connectivity index (χ4n) is 2.45. The van der Waals surface area contributed by atoms with Crippen LogP contribution in [0.3, 0.4) is 0 Å². The molecule has 0 amide bonds. The first-order chi connectivity index (χ1) is 12.4. The van der Waals surface area contributed by atoms with Gasteiger partial charge in [-0.05, 0) is 35.4 Å². The van der Waals surface area contributed by atoms with Crippen LogP contribution >= 0.6 is 0 Å². The van der Waals surface area contributed by atoms with Crippen LogP contribution in [0.1, 0.15) is 37.8 Å². The van der Waals surface area contributed by atoms with Crippen molar-refractivity contribution in [2.24, 2.45) is 0 Å². The Labute approximate surface area is 154 Å². The van der Waals surface area contributed by atoms with Gasteiger partial charge in [0.25, 0.3) is 0 Å². The summed E-state index contributed by atoms with van der Waals surface area (Å²) in [6.07, 6.45) is -8.59. The molecule has 0 aliphatic heterocycles. The van der Waals surface area contributed by atoms with E-state index in [0.717, 1.165) is 48.5 Å². The first-order valence-electron chi connectivity index (χ1n) is 8.27. The molecule has 0 saturated heterocycles. The van der Waals surface area contributed by atoms with E-state index < -0.39 is 28.9 Å². The summed E-state index contributed by atoms with van der Waals surface area (Å²) >= 11 is 0. The van der Waals surface area contributed by atoms with Crippen molar-refractivity contribution in [3.8, 4) is 0 Å². The van der Waals surface area contributed by atoms with Crippen LogP contribution in [0.25, 0.3) is 0 Å². The average Bonchev–Trinajstić information content (AvgIpc) is 2.56. The standard InChI is InChI=1S/C15H12F6N2.C4H10/c16-14(17,18)13(15(19,20)21,9-1-5-11(22)6-2-9)10-3-7-12(23)8-4-10;1-3-4-2/h1-8H,22-23H2;3-4H2,1-2H3. The molecule has 0 radical (unpaired) electrons. The molecule has 0 aliphatic rings. The van der Waals surface area contributed by atoms with Gasteiger partial charge in [0.05, 0.1) is 0 Å². The Bertz CT molecular complexity index is 639. The molecule has 2 nitrogen and oxygen atoms in total. The van der Waals surface area contributed by atoms with Crippen LogP contribution in [0.4, 0.5) is 37.7 Å². The molecule has 0 unspecified atom stereocenters. The second-order valence-corrected chi connectivity index (χ2v) is 5.99. The van der Waals surface area contributed by atoms with E-state index in [1.165, 1.54) is 12.8 Å². The van der Waals surface area contributed by atoms with Gasteiger partial charge in [0.15, 0.2) is 0 Å². The lowest BCUT2D eigenvalue weighted by molar-refractivity contribution is -0.288. The maximum absolute atomic E-state index is 13.7. The van der Waals surface area contributed by atoms with Crippen molar-refractivity contribution in [1.29, 1.82) is 0 Å². The van der Waals surface area contributed by atoms with Gasteiger partial charge >= 0.3 is 12.4 Å². The smallest absolute Gasteiger partial charge is 0.399 e. The summed E-state index contributed by atoms with van der Waals surface area (Å²) < 4.78 is 82.0. The van der Waals surface area contributed by atoms with E-state index in [1.54, 1.807) is 0 Å². The molecule has 8 heteroatoms. The molecular formula is C19H22F6N2. The Morgan fingerprint density at radius 2 is 0.852 bits per heavy atom. The number of alkyl halides is 6. The third-order valence-electron chi connectivity index (χ3n) is 4.04. The van der Waals surface area contributed by atoms with Gasteiger partial charge in [0.2, 0.25) is 5.41 Å². The zero-order valence-corrected chi connectivity index (χ0v) is 15.0. The van der Waals surface area contributed by atoms with Crippen molar-refractivity contribution in [1.82, 2.24) is 0 Å². The molecule has 0 spiro atoms. The van der Waals surface area contributed by atoms with Crippen LogP contribution in [0.2, 0.25) is 0 Å². The van der Waals surface area contributed by atoms with E-state index in [4.69, 9.17) is 11.5 Å². The number of rotatable bonds is 3. The molecule has 0 saturated carbocycles. The minimum absolute atomic E-state index is 0.0595. The molecule has 27 heavy (non-hydrogen) atoms. The number of halogens is 6. The summed E-state index contributed by atoms with van der Waals surface area (Å²) in [5.74, 6) is 0. The summed E-state index contributed by atoms with van der Waals surface area (Å²) in [7, 11) is 0. The van der Waals surface area contributed by atoms with Crippen molar-refractivity contribution in [3.63, 3.8) is 0 Å². The second kappa shape index (κ2) is 8.54. The van der Waals surface area contributed by atoms with E-state index in [1.807, 2.05) is 0 Å². The zero-order valence-electron chi connectivity index (χ0n) is 15.0.